The molecule has 1 saturated carbocycles. The topological polar surface area (TPSA) is 69.7 Å². The van der Waals surface area contributed by atoms with Crippen molar-refractivity contribution in [1.29, 1.82) is 0 Å². The third kappa shape index (κ3) is 4.56. The molecule has 1 aromatic rings. The van der Waals surface area contributed by atoms with Crippen LogP contribution in [-0.4, -0.2) is 48.3 Å². The van der Waals surface area contributed by atoms with Gasteiger partial charge in [0, 0.05) is 30.1 Å². The van der Waals surface area contributed by atoms with Gasteiger partial charge in [-0.2, -0.15) is 0 Å². The fourth-order valence-corrected chi connectivity index (χ4v) is 5.50. The van der Waals surface area contributed by atoms with Crippen LogP contribution in [0.15, 0.2) is 28.7 Å². The van der Waals surface area contributed by atoms with Gasteiger partial charge in [0.2, 0.25) is 17.7 Å². The molecule has 0 bridgehead atoms. The van der Waals surface area contributed by atoms with E-state index in [1.54, 1.807) is 9.80 Å². The summed E-state index contributed by atoms with van der Waals surface area (Å²) < 4.78 is 0.851. The molecule has 2 aliphatic heterocycles. The quantitative estimate of drug-likeness (QED) is 0.677. The SMILES string of the molecule is O=C(NC1CCCCC1)C1CCCN(C(=O)C2CCN(c3ccccc3Br)C2=O)C1. The first kappa shape index (κ1) is 21.3. The molecule has 0 spiro atoms. The smallest absolute Gasteiger partial charge is 0.239 e. The van der Waals surface area contributed by atoms with E-state index in [4.69, 9.17) is 0 Å². The fourth-order valence-electron chi connectivity index (χ4n) is 5.00. The molecule has 3 aliphatic rings. The standard InChI is InChI=1S/C23H30BrN3O3/c24-19-10-4-5-11-20(19)27-14-12-18(23(27)30)22(29)26-13-6-7-16(15-26)21(28)25-17-8-2-1-3-9-17/h4-5,10-11,16-18H,1-3,6-9,12-15H2,(H,25,28). The molecule has 1 N–H and O–H groups in total. The zero-order valence-electron chi connectivity index (χ0n) is 17.3. The van der Waals surface area contributed by atoms with Crippen molar-refractivity contribution < 1.29 is 14.4 Å². The van der Waals surface area contributed by atoms with E-state index in [0.29, 0.717) is 26.1 Å². The monoisotopic (exact) mass is 475 g/mol. The Morgan fingerprint density at radius 1 is 0.967 bits per heavy atom. The predicted octanol–water partition coefficient (Wildman–Crippen LogP) is 3.49. The number of likely N-dealkylation sites (tertiary alicyclic amines) is 1. The summed E-state index contributed by atoms with van der Waals surface area (Å²) in [7, 11) is 0. The number of hydrogen-bond donors (Lipinski definition) is 1. The van der Waals surface area contributed by atoms with Gasteiger partial charge in [-0.05, 0) is 60.2 Å². The molecule has 0 radical (unpaired) electrons. The Morgan fingerprint density at radius 3 is 2.50 bits per heavy atom. The molecule has 162 valence electrons. The third-order valence-corrected chi connectivity index (χ3v) is 7.37. The lowest BCUT2D eigenvalue weighted by Gasteiger charge is -2.34. The van der Waals surface area contributed by atoms with E-state index in [0.717, 1.165) is 35.8 Å². The van der Waals surface area contributed by atoms with E-state index in [2.05, 4.69) is 21.2 Å². The Balaban J connectivity index is 1.36. The number of piperidine rings is 1. The highest BCUT2D eigenvalue weighted by atomic mass is 79.9. The number of nitrogens with zero attached hydrogens (tertiary/aromatic N) is 2. The first-order valence-corrected chi connectivity index (χ1v) is 12.0. The van der Waals surface area contributed by atoms with Gasteiger partial charge in [-0.15, -0.1) is 0 Å². The molecule has 0 aromatic heterocycles. The Morgan fingerprint density at radius 2 is 1.73 bits per heavy atom. The highest BCUT2D eigenvalue weighted by Gasteiger charge is 2.41. The van der Waals surface area contributed by atoms with Crippen LogP contribution in [0.25, 0.3) is 0 Å². The lowest BCUT2D eigenvalue weighted by Crippen LogP contribution is -2.50. The molecular formula is C23H30BrN3O3. The van der Waals surface area contributed by atoms with Gasteiger partial charge in [-0.1, -0.05) is 31.4 Å². The van der Waals surface area contributed by atoms with Crippen molar-refractivity contribution in [2.24, 2.45) is 11.8 Å². The summed E-state index contributed by atoms with van der Waals surface area (Å²) in [5.41, 5.74) is 0.807. The lowest BCUT2D eigenvalue weighted by molar-refractivity contribution is -0.142. The van der Waals surface area contributed by atoms with Gasteiger partial charge in [-0.3, -0.25) is 14.4 Å². The van der Waals surface area contributed by atoms with Crippen molar-refractivity contribution in [3.05, 3.63) is 28.7 Å². The fraction of sp³-hybridized carbons (Fsp3) is 0.609. The van der Waals surface area contributed by atoms with E-state index in [-0.39, 0.29) is 29.7 Å². The first-order valence-electron chi connectivity index (χ1n) is 11.2. The maximum absolute atomic E-state index is 13.2. The van der Waals surface area contributed by atoms with E-state index in [1.165, 1.54) is 19.3 Å². The van der Waals surface area contributed by atoms with Crippen LogP contribution < -0.4 is 10.2 Å². The summed E-state index contributed by atoms with van der Waals surface area (Å²) in [6.45, 7) is 1.60. The summed E-state index contributed by atoms with van der Waals surface area (Å²) >= 11 is 3.50. The van der Waals surface area contributed by atoms with Gasteiger partial charge in [0.05, 0.1) is 11.6 Å². The average Bonchev–Trinajstić information content (AvgIpc) is 3.15. The lowest BCUT2D eigenvalue weighted by atomic mass is 9.92. The van der Waals surface area contributed by atoms with Crippen molar-refractivity contribution in [1.82, 2.24) is 10.2 Å². The summed E-state index contributed by atoms with van der Waals surface area (Å²) in [6.07, 6.45) is 7.87. The molecule has 30 heavy (non-hydrogen) atoms. The van der Waals surface area contributed by atoms with Crippen molar-refractivity contribution in [3.63, 3.8) is 0 Å². The third-order valence-electron chi connectivity index (χ3n) is 6.70. The van der Waals surface area contributed by atoms with Crippen molar-refractivity contribution in [2.45, 2.75) is 57.4 Å². The van der Waals surface area contributed by atoms with Crippen molar-refractivity contribution in [2.75, 3.05) is 24.5 Å². The number of carbonyl (C=O) groups excluding carboxylic acids is 3. The van der Waals surface area contributed by atoms with Crippen LogP contribution in [0.3, 0.4) is 0 Å². The molecule has 3 fully saturated rings. The second-order valence-corrected chi connectivity index (χ2v) is 9.60. The van der Waals surface area contributed by atoms with Crippen LogP contribution in [0.2, 0.25) is 0 Å². The normalized spacial score (nSPS) is 25.4. The van der Waals surface area contributed by atoms with E-state index >= 15 is 0 Å². The number of rotatable bonds is 4. The molecule has 3 amide bonds. The van der Waals surface area contributed by atoms with Crippen molar-refractivity contribution in [3.8, 4) is 0 Å². The van der Waals surface area contributed by atoms with Crippen molar-refractivity contribution >= 4 is 39.3 Å². The van der Waals surface area contributed by atoms with Crippen LogP contribution in [0, 0.1) is 11.8 Å². The molecule has 2 saturated heterocycles. The van der Waals surface area contributed by atoms with Crippen LogP contribution in [0.4, 0.5) is 5.69 Å². The van der Waals surface area contributed by atoms with Gasteiger partial charge in [-0.25, -0.2) is 0 Å². The predicted molar refractivity (Wildman–Crippen MR) is 119 cm³/mol. The van der Waals surface area contributed by atoms with Crippen LogP contribution >= 0.6 is 15.9 Å². The minimum atomic E-state index is -0.641. The first-order chi connectivity index (χ1) is 14.5. The summed E-state index contributed by atoms with van der Waals surface area (Å²) in [6, 6.07) is 7.87. The largest absolute Gasteiger partial charge is 0.353 e. The minimum Gasteiger partial charge on any atom is -0.353 e. The van der Waals surface area contributed by atoms with Crippen LogP contribution in [0.1, 0.15) is 51.4 Å². The van der Waals surface area contributed by atoms with Crippen LogP contribution in [-0.2, 0) is 14.4 Å². The minimum absolute atomic E-state index is 0.0759. The Hall–Kier alpha value is -1.89. The second-order valence-electron chi connectivity index (χ2n) is 8.75. The average molecular weight is 476 g/mol. The molecule has 2 atom stereocenters. The van der Waals surface area contributed by atoms with Gasteiger partial charge >= 0.3 is 0 Å². The molecule has 7 heteroatoms. The highest BCUT2D eigenvalue weighted by molar-refractivity contribution is 9.10. The van der Waals surface area contributed by atoms with Crippen LogP contribution in [0.5, 0.6) is 0 Å². The maximum Gasteiger partial charge on any atom is 0.239 e. The Labute approximate surface area is 186 Å². The van der Waals surface area contributed by atoms with E-state index in [1.807, 2.05) is 24.3 Å². The van der Waals surface area contributed by atoms with Gasteiger partial charge in [0.15, 0.2) is 0 Å². The number of nitrogens with one attached hydrogen (secondary N) is 1. The summed E-state index contributed by atoms with van der Waals surface area (Å²) in [5.74, 6) is -0.991. The number of halogens is 1. The molecule has 4 rings (SSSR count). The molecule has 1 aliphatic carbocycles. The number of hydrogen-bond acceptors (Lipinski definition) is 3. The van der Waals surface area contributed by atoms with E-state index in [9.17, 15) is 14.4 Å². The molecule has 6 nitrogen and oxygen atoms in total. The maximum atomic E-state index is 13.2. The van der Waals surface area contributed by atoms with Gasteiger partial charge in [0.25, 0.3) is 0 Å². The van der Waals surface area contributed by atoms with E-state index < -0.39 is 5.92 Å². The molecule has 2 heterocycles. The Bertz CT molecular complexity index is 809. The molecule has 1 aromatic carbocycles. The zero-order valence-corrected chi connectivity index (χ0v) is 18.9. The number of amides is 3. The van der Waals surface area contributed by atoms with Gasteiger partial charge < -0.3 is 15.1 Å². The molecule has 2 unspecified atom stereocenters. The Kier molecular flexibility index (Phi) is 6.76. The molecular weight excluding hydrogens is 446 g/mol. The number of benzene rings is 1. The number of carbonyl (C=O) groups is 3. The summed E-state index contributed by atoms with van der Waals surface area (Å²) in [4.78, 5) is 42.4. The summed E-state index contributed by atoms with van der Waals surface area (Å²) in [5, 5.41) is 3.20. The number of para-hydroxylation sites is 1. The highest BCUT2D eigenvalue weighted by Crippen LogP contribution is 2.32. The number of anilines is 1. The zero-order chi connectivity index (χ0) is 21.1. The van der Waals surface area contributed by atoms with Gasteiger partial charge in [0.1, 0.15) is 5.92 Å². The second kappa shape index (κ2) is 9.50.